The number of fused-ring (bicyclic) bond motifs is 1. The molecule has 0 amide bonds. The van der Waals surface area contributed by atoms with E-state index in [4.69, 9.17) is 0 Å². The third kappa shape index (κ3) is 1.42. The minimum absolute atomic E-state index is 0.0828. The molecule has 3 heteroatoms. The van der Waals surface area contributed by atoms with E-state index in [9.17, 15) is 4.79 Å². The van der Waals surface area contributed by atoms with Crippen LogP contribution in [0, 0.1) is 0 Å². The number of aromatic nitrogens is 1. The number of pyridine rings is 1. The molecule has 2 rings (SSSR count). The summed E-state index contributed by atoms with van der Waals surface area (Å²) in [5, 5.41) is 4.56. The van der Waals surface area contributed by atoms with Crippen molar-refractivity contribution in [2.75, 3.05) is 12.4 Å². The molecule has 0 bridgehead atoms. The molecule has 1 heterocycles. The highest BCUT2D eigenvalue weighted by molar-refractivity contribution is 5.93. The van der Waals surface area contributed by atoms with Crippen LogP contribution < -0.4 is 10.9 Å². The molecule has 0 aliphatic heterocycles. The van der Waals surface area contributed by atoms with Crippen LogP contribution in [-0.4, -0.2) is 12.0 Å². The van der Waals surface area contributed by atoms with Gasteiger partial charge < -0.3 is 10.3 Å². The minimum Gasteiger partial charge on any atom is -0.374 e. The van der Waals surface area contributed by atoms with Gasteiger partial charge in [0.25, 0.3) is 5.56 Å². The van der Waals surface area contributed by atoms with Crippen LogP contribution in [0.3, 0.4) is 0 Å². The molecule has 3 nitrogen and oxygen atoms in total. The van der Waals surface area contributed by atoms with E-state index in [0.29, 0.717) is 11.2 Å². The van der Waals surface area contributed by atoms with Gasteiger partial charge in [0.15, 0.2) is 0 Å². The van der Waals surface area contributed by atoms with Gasteiger partial charge in [-0.3, -0.25) is 4.79 Å². The zero-order valence-electron chi connectivity index (χ0n) is 8.50. The first kappa shape index (κ1) is 9.52. The summed E-state index contributed by atoms with van der Waals surface area (Å²) < 4.78 is 0. The highest BCUT2D eigenvalue weighted by Gasteiger charge is 2.06. The van der Waals surface area contributed by atoms with Gasteiger partial charge >= 0.3 is 0 Å². The summed E-state index contributed by atoms with van der Waals surface area (Å²) in [4.78, 5) is 14.5. The maximum Gasteiger partial charge on any atom is 0.257 e. The number of H-pyrrole nitrogens is 1. The first-order valence-electron chi connectivity index (χ1n) is 4.73. The molecule has 0 atom stereocenters. The van der Waals surface area contributed by atoms with Crippen molar-refractivity contribution in [1.29, 1.82) is 0 Å². The summed E-state index contributed by atoms with van der Waals surface area (Å²) in [6, 6.07) is 7.49. The number of nitrogens with one attached hydrogen (secondary N) is 2. The quantitative estimate of drug-likeness (QED) is 0.780. The summed E-state index contributed by atoms with van der Waals surface area (Å²) in [6.07, 6.45) is 1.74. The van der Waals surface area contributed by atoms with E-state index < -0.39 is 0 Å². The molecule has 1 aromatic heterocycles. The summed E-state index contributed by atoms with van der Waals surface area (Å²) in [6.45, 7) is 3.76. The second-order valence-corrected chi connectivity index (χ2v) is 3.24. The zero-order valence-corrected chi connectivity index (χ0v) is 8.50. The van der Waals surface area contributed by atoms with E-state index >= 15 is 0 Å². The fourth-order valence-electron chi connectivity index (χ4n) is 1.71. The topological polar surface area (TPSA) is 44.9 Å². The van der Waals surface area contributed by atoms with E-state index in [2.05, 4.69) is 16.9 Å². The van der Waals surface area contributed by atoms with Crippen LogP contribution >= 0.6 is 0 Å². The van der Waals surface area contributed by atoms with Gasteiger partial charge in [-0.05, 0) is 11.5 Å². The molecule has 0 saturated carbocycles. The molecule has 0 fully saturated rings. The van der Waals surface area contributed by atoms with Gasteiger partial charge in [-0.1, -0.05) is 30.9 Å². The van der Waals surface area contributed by atoms with Crippen LogP contribution in [0.15, 0.2) is 35.6 Å². The van der Waals surface area contributed by atoms with E-state index in [0.717, 1.165) is 10.9 Å². The van der Waals surface area contributed by atoms with E-state index in [1.807, 2.05) is 18.2 Å². The van der Waals surface area contributed by atoms with Gasteiger partial charge in [0.1, 0.15) is 5.82 Å². The van der Waals surface area contributed by atoms with Crippen molar-refractivity contribution in [3.05, 3.63) is 46.8 Å². The zero-order chi connectivity index (χ0) is 10.8. The smallest absolute Gasteiger partial charge is 0.257 e. The van der Waals surface area contributed by atoms with E-state index in [1.54, 1.807) is 19.2 Å². The third-order valence-electron chi connectivity index (χ3n) is 2.42. The maximum absolute atomic E-state index is 11.7. The van der Waals surface area contributed by atoms with Crippen LogP contribution in [0.2, 0.25) is 0 Å². The van der Waals surface area contributed by atoms with Gasteiger partial charge in [0, 0.05) is 18.0 Å². The Morgan fingerprint density at radius 2 is 2.00 bits per heavy atom. The van der Waals surface area contributed by atoms with Crippen molar-refractivity contribution in [3.63, 3.8) is 0 Å². The Labute approximate surface area is 87.4 Å². The number of benzene rings is 1. The fourth-order valence-corrected chi connectivity index (χ4v) is 1.71. The van der Waals surface area contributed by atoms with Crippen LogP contribution in [0.1, 0.15) is 5.56 Å². The number of rotatable bonds is 2. The Kier molecular flexibility index (Phi) is 2.29. The average Bonchev–Trinajstić information content (AvgIpc) is 2.29. The van der Waals surface area contributed by atoms with E-state index in [1.165, 1.54) is 0 Å². The first-order valence-corrected chi connectivity index (χ1v) is 4.73. The first-order chi connectivity index (χ1) is 7.27. The van der Waals surface area contributed by atoms with Crippen LogP contribution in [0.4, 0.5) is 5.82 Å². The Morgan fingerprint density at radius 3 is 2.60 bits per heavy atom. The molecule has 2 N–H and O–H groups in total. The lowest BCUT2D eigenvalue weighted by atomic mass is 10.1. The molecule has 76 valence electrons. The molecule has 0 spiro atoms. The summed E-state index contributed by atoms with van der Waals surface area (Å²) in [5.41, 5.74) is 0.841. The predicted octanol–water partition coefficient (Wildman–Crippen LogP) is 2.21. The SMILES string of the molecule is C=Cc1c(NC)[nH]c(=O)c2ccccc12. The van der Waals surface area contributed by atoms with Crippen molar-refractivity contribution in [2.24, 2.45) is 0 Å². The van der Waals surface area contributed by atoms with Crippen molar-refractivity contribution < 1.29 is 0 Å². The van der Waals surface area contributed by atoms with Crippen LogP contribution in [0.25, 0.3) is 16.8 Å². The lowest BCUT2D eigenvalue weighted by molar-refractivity contribution is 1.24. The van der Waals surface area contributed by atoms with Gasteiger partial charge in [-0.25, -0.2) is 0 Å². The van der Waals surface area contributed by atoms with Crippen molar-refractivity contribution in [2.45, 2.75) is 0 Å². The molecule has 0 radical (unpaired) electrons. The molecular weight excluding hydrogens is 188 g/mol. The van der Waals surface area contributed by atoms with Gasteiger partial charge in [0.05, 0.1) is 0 Å². The standard InChI is InChI=1S/C12H12N2O/c1-3-8-9-6-4-5-7-10(9)12(15)14-11(8)13-2/h3-7H,1H2,2H3,(H2,13,14,15). The molecular formula is C12H12N2O. The Bertz CT molecular complexity index is 569. The normalized spacial score (nSPS) is 10.2. The summed E-state index contributed by atoms with van der Waals surface area (Å²) >= 11 is 0. The highest BCUT2D eigenvalue weighted by Crippen LogP contribution is 2.21. The number of hydrogen-bond acceptors (Lipinski definition) is 2. The second-order valence-electron chi connectivity index (χ2n) is 3.24. The third-order valence-corrected chi connectivity index (χ3v) is 2.42. The number of hydrogen-bond donors (Lipinski definition) is 2. The summed E-state index contributed by atoms with van der Waals surface area (Å²) in [7, 11) is 1.77. The Hall–Kier alpha value is -2.03. The number of anilines is 1. The minimum atomic E-state index is -0.0828. The van der Waals surface area contributed by atoms with Crippen LogP contribution in [-0.2, 0) is 0 Å². The monoisotopic (exact) mass is 200 g/mol. The lowest BCUT2D eigenvalue weighted by Gasteiger charge is -2.08. The molecule has 15 heavy (non-hydrogen) atoms. The fraction of sp³-hybridized carbons (Fsp3) is 0.0833. The lowest BCUT2D eigenvalue weighted by Crippen LogP contribution is -2.10. The molecule has 0 aliphatic rings. The molecule has 0 saturated heterocycles. The van der Waals surface area contributed by atoms with Gasteiger partial charge in [-0.2, -0.15) is 0 Å². The second kappa shape index (κ2) is 3.61. The van der Waals surface area contributed by atoms with Gasteiger partial charge in [0.2, 0.25) is 0 Å². The molecule has 0 unspecified atom stereocenters. The largest absolute Gasteiger partial charge is 0.374 e. The maximum atomic E-state index is 11.7. The molecule has 0 aliphatic carbocycles. The van der Waals surface area contributed by atoms with Crippen molar-refractivity contribution in [3.8, 4) is 0 Å². The van der Waals surface area contributed by atoms with Gasteiger partial charge in [-0.15, -0.1) is 0 Å². The van der Waals surface area contributed by atoms with Crippen LogP contribution in [0.5, 0.6) is 0 Å². The van der Waals surface area contributed by atoms with E-state index in [-0.39, 0.29) is 5.56 Å². The highest BCUT2D eigenvalue weighted by atomic mass is 16.1. The molecule has 2 aromatic rings. The average molecular weight is 200 g/mol. The Balaban J connectivity index is 2.98. The van der Waals surface area contributed by atoms with Crippen molar-refractivity contribution in [1.82, 2.24) is 4.98 Å². The molecule has 1 aromatic carbocycles. The predicted molar refractivity (Wildman–Crippen MR) is 64.2 cm³/mol. The van der Waals surface area contributed by atoms with Crippen molar-refractivity contribution >= 4 is 22.7 Å². The Morgan fingerprint density at radius 1 is 1.33 bits per heavy atom. The number of aromatic amines is 1. The summed E-state index contributed by atoms with van der Waals surface area (Å²) in [5.74, 6) is 0.703.